The van der Waals surface area contributed by atoms with E-state index in [-0.39, 0.29) is 18.1 Å². The topological polar surface area (TPSA) is 69.4 Å². The average Bonchev–Trinajstić information content (AvgIpc) is 2.31. The van der Waals surface area contributed by atoms with Crippen LogP contribution >= 0.6 is 11.6 Å². The van der Waals surface area contributed by atoms with Crippen LogP contribution in [0.15, 0.2) is 18.2 Å². The predicted molar refractivity (Wildman–Crippen MR) is 73.8 cm³/mol. The van der Waals surface area contributed by atoms with Crippen LogP contribution in [-0.2, 0) is 16.4 Å². The van der Waals surface area contributed by atoms with E-state index in [1.54, 1.807) is 12.1 Å². The second-order valence-corrected chi connectivity index (χ2v) is 6.68. The molecule has 0 aliphatic heterocycles. The number of ether oxygens (including phenoxy) is 1. The van der Waals surface area contributed by atoms with Crippen molar-refractivity contribution in [2.75, 3.05) is 18.1 Å². The lowest BCUT2D eigenvalue weighted by Crippen LogP contribution is -2.16. The van der Waals surface area contributed by atoms with Gasteiger partial charge in [-0.3, -0.25) is 0 Å². The van der Waals surface area contributed by atoms with Crippen LogP contribution in [0.4, 0.5) is 0 Å². The summed E-state index contributed by atoms with van der Waals surface area (Å²) in [6, 6.07) is 5.23. The zero-order valence-corrected chi connectivity index (χ0v) is 11.9. The molecular formula is C12H18ClNO3S. The van der Waals surface area contributed by atoms with E-state index < -0.39 is 9.84 Å². The molecule has 18 heavy (non-hydrogen) atoms. The molecule has 0 radical (unpaired) electrons. The minimum atomic E-state index is -3.02. The van der Waals surface area contributed by atoms with E-state index >= 15 is 0 Å². The monoisotopic (exact) mass is 291 g/mol. The van der Waals surface area contributed by atoms with Crippen molar-refractivity contribution in [2.24, 2.45) is 5.73 Å². The molecule has 6 heteroatoms. The van der Waals surface area contributed by atoms with Gasteiger partial charge < -0.3 is 10.5 Å². The number of sulfone groups is 1. The second-order valence-electron chi connectivity index (χ2n) is 3.97. The van der Waals surface area contributed by atoms with Crippen LogP contribution in [0, 0.1) is 0 Å². The van der Waals surface area contributed by atoms with Crippen LogP contribution in [0.25, 0.3) is 0 Å². The van der Waals surface area contributed by atoms with Crippen LogP contribution in [0.3, 0.4) is 0 Å². The minimum absolute atomic E-state index is 0.00973. The SMILES string of the molecule is CCCS(=O)(=O)CCOc1ccc(CN)cc1Cl. The quantitative estimate of drug-likeness (QED) is 0.834. The molecule has 0 aliphatic rings. The summed E-state index contributed by atoms with van der Waals surface area (Å²) in [5.74, 6) is 0.687. The molecule has 0 saturated carbocycles. The summed E-state index contributed by atoms with van der Waals surface area (Å²) in [5.41, 5.74) is 6.39. The van der Waals surface area contributed by atoms with Crippen LogP contribution in [0.2, 0.25) is 5.02 Å². The van der Waals surface area contributed by atoms with Gasteiger partial charge in [-0.2, -0.15) is 0 Å². The summed E-state index contributed by atoms with van der Waals surface area (Å²) in [6.45, 7) is 2.36. The number of rotatable bonds is 7. The van der Waals surface area contributed by atoms with E-state index in [2.05, 4.69) is 0 Å². The molecule has 1 aromatic rings. The Morgan fingerprint density at radius 2 is 2.06 bits per heavy atom. The second kappa shape index (κ2) is 6.97. The molecule has 0 atom stereocenters. The number of benzene rings is 1. The van der Waals surface area contributed by atoms with Gasteiger partial charge in [-0.15, -0.1) is 0 Å². The molecule has 102 valence electrons. The molecule has 0 saturated heterocycles. The molecule has 0 aromatic heterocycles. The zero-order valence-electron chi connectivity index (χ0n) is 10.4. The summed E-state index contributed by atoms with van der Waals surface area (Å²) in [4.78, 5) is 0. The first kappa shape index (κ1) is 15.3. The van der Waals surface area contributed by atoms with Gasteiger partial charge in [0, 0.05) is 6.54 Å². The highest BCUT2D eigenvalue weighted by Gasteiger charge is 2.10. The van der Waals surface area contributed by atoms with Gasteiger partial charge in [0.1, 0.15) is 12.4 Å². The first-order valence-electron chi connectivity index (χ1n) is 5.80. The lowest BCUT2D eigenvalue weighted by atomic mass is 10.2. The fraction of sp³-hybridized carbons (Fsp3) is 0.500. The smallest absolute Gasteiger partial charge is 0.153 e. The van der Waals surface area contributed by atoms with Crippen LogP contribution in [-0.4, -0.2) is 26.5 Å². The van der Waals surface area contributed by atoms with Crippen molar-refractivity contribution in [3.8, 4) is 5.75 Å². The third kappa shape index (κ3) is 4.84. The molecule has 0 amide bonds. The Balaban J connectivity index is 2.54. The number of hydrogen-bond donors (Lipinski definition) is 1. The van der Waals surface area contributed by atoms with Crippen molar-refractivity contribution in [2.45, 2.75) is 19.9 Å². The van der Waals surface area contributed by atoms with Crippen molar-refractivity contribution in [1.29, 1.82) is 0 Å². The number of halogens is 1. The molecule has 0 aliphatic carbocycles. The highest BCUT2D eigenvalue weighted by Crippen LogP contribution is 2.25. The number of nitrogens with two attached hydrogens (primary N) is 1. The molecule has 1 aromatic carbocycles. The predicted octanol–water partition coefficient (Wildman–Crippen LogP) is 2.00. The summed E-state index contributed by atoms with van der Waals surface area (Å²) in [7, 11) is -3.02. The maximum Gasteiger partial charge on any atom is 0.153 e. The Morgan fingerprint density at radius 3 is 2.61 bits per heavy atom. The molecule has 2 N–H and O–H groups in total. The lowest BCUT2D eigenvalue weighted by Gasteiger charge is -2.09. The third-order valence-electron chi connectivity index (χ3n) is 2.40. The van der Waals surface area contributed by atoms with Gasteiger partial charge >= 0.3 is 0 Å². The van der Waals surface area contributed by atoms with Crippen molar-refractivity contribution in [1.82, 2.24) is 0 Å². The van der Waals surface area contributed by atoms with Crippen LogP contribution < -0.4 is 10.5 Å². The Labute approximate surface area is 113 Å². The maximum absolute atomic E-state index is 11.5. The van der Waals surface area contributed by atoms with Crippen LogP contribution in [0.5, 0.6) is 5.75 Å². The average molecular weight is 292 g/mol. The zero-order chi connectivity index (χ0) is 13.6. The van der Waals surface area contributed by atoms with E-state index in [4.69, 9.17) is 22.1 Å². The van der Waals surface area contributed by atoms with E-state index in [1.165, 1.54) is 0 Å². The lowest BCUT2D eigenvalue weighted by molar-refractivity contribution is 0.341. The molecule has 0 unspecified atom stereocenters. The molecule has 0 spiro atoms. The van der Waals surface area contributed by atoms with Crippen molar-refractivity contribution in [3.05, 3.63) is 28.8 Å². The first-order valence-corrected chi connectivity index (χ1v) is 8.00. The van der Waals surface area contributed by atoms with Crippen LogP contribution in [0.1, 0.15) is 18.9 Å². The van der Waals surface area contributed by atoms with Gasteiger partial charge in [-0.1, -0.05) is 24.6 Å². The van der Waals surface area contributed by atoms with Gasteiger partial charge in [0.25, 0.3) is 0 Å². The Hall–Kier alpha value is -0.780. The highest BCUT2D eigenvalue weighted by molar-refractivity contribution is 7.91. The Morgan fingerprint density at radius 1 is 1.33 bits per heavy atom. The summed E-state index contributed by atoms with van der Waals surface area (Å²) in [5, 5.41) is 0.450. The van der Waals surface area contributed by atoms with E-state index in [0.717, 1.165) is 5.56 Å². The van der Waals surface area contributed by atoms with Crippen molar-refractivity contribution < 1.29 is 13.2 Å². The molecule has 4 nitrogen and oxygen atoms in total. The van der Waals surface area contributed by atoms with Gasteiger partial charge in [-0.05, 0) is 24.1 Å². The van der Waals surface area contributed by atoms with Gasteiger partial charge in [0.2, 0.25) is 0 Å². The molecule has 0 heterocycles. The fourth-order valence-corrected chi connectivity index (χ4v) is 2.90. The minimum Gasteiger partial charge on any atom is -0.491 e. The summed E-state index contributed by atoms with van der Waals surface area (Å²) >= 11 is 5.99. The van der Waals surface area contributed by atoms with E-state index in [0.29, 0.717) is 23.7 Å². The molecule has 0 fully saturated rings. The van der Waals surface area contributed by atoms with Crippen molar-refractivity contribution in [3.63, 3.8) is 0 Å². The summed E-state index contributed by atoms with van der Waals surface area (Å²) in [6.07, 6.45) is 0.619. The summed E-state index contributed by atoms with van der Waals surface area (Å²) < 4.78 is 28.3. The maximum atomic E-state index is 11.5. The van der Waals surface area contributed by atoms with Gasteiger partial charge in [-0.25, -0.2) is 8.42 Å². The third-order valence-corrected chi connectivity index (χ3v) is 4.51. The Bertz CT molecular complexity index is 488. The molecule has 1 rings (SSSR count). The van der Waals surface area contributed by atoms with Gasteiger partial charge in [0.15, 0.2) is 9.84 Å². The van der Waals surface area contributed by atoms with Gasteiger partial charge in [0.05, 0.1) is 16.5 Å². The highest BCUT2D eigenvalue weighted by atomic mass is 35.5. The molecular weight excluding hydrogens is 274 g/mol. The first-order chi connectivity index (χ1) is 8.48. The fourth-order valence-electron chi connectivity index (χ4n) is 1.48. The Kier molecular flexibility index (Phi) is 5.91. The standard InChI is InChI=1S/C12H18ClNO3S/c1-2-6-18(15,16)7-5-17-12-4-3-10(9-14)8-11(12)13/h3-4,8H,2,5-7,9,14H2,1H3. The van der Waals surface area contributed by atoms with E-state index in [1.807, 2.05) is 13.0 Å². The number of hydrogen-bond acceptors (Lipinski definition) is 4. The van der Waals surface area contributed by atoms with Crippen molar-refractivity contribution >= 4 is 21.4 Å². The largest absolute Gasteiger partial charge is 0.491 e. The van der Waals surface area contributed by atoms with E-state index in [9.17, 15) is 8.42 Å². The normalized spacial score (nSPS) is 11.5. The molecule has 0 bridgehead atoms.